The number of hydrogen-bond donors (Lipinski definition) is 1. The molecule has 0 aliphatic rings. The molecule has 0 aliphatic carbocycles. The Hall–Kier alpha value is -1.92. The van der Waals surface area contributed by atoms with Crippen molar-refractivity contribution in [3.63, 3.8) is 0 Å². The van der Waals surface area contributed by atoms with Gasteiger partial charge in [0, 0.05) is 5.56 Å². The fourth-order valence-corrected chi connectivity index (χ4v) is 3.00. The summed E-state index contributed by atoms with van der Waals surface area (Å²) in [5.41, 5.74) is 1.39. The van der Waals surface area contributed by atoms with Crippen molar-refractivity contribution in [3.8, 4) is 0 Å². The van der Waals surface area contributed by atoms with Gasteiger partial charge in [0.15, 0.2) is 0 Å². The van der Waals surface area contributed by atoms with Crippen molar-refractivity contribution in [1.29, 1.82) is 0 Å². The van der Waals surface area contributed by atoms with Crippen molar-refractivity contribution in [3.05, 3.63) is 70.0 Å². The van der Waals surface area contributed by atoms with E-state index in [1.54, 1.807) is 12.1 Å². The van der Waals surface area contributed by atoms with E-state index in [4.69, 9.17) is 11.6 Å². The van der Waals surface area contributed by atoms with Crippen molar-refractivity contribution in [1.82, 2.24) is 4.72 Å². The molecule has 0 radical (unpaired) electrons. The minimum Gasteiger partial charge on any atom is -0.268 e. The summed E-state index contributed by atoms with van der Waals surface area (Å²) >= 11 is 5.53. The third-order valence-electron chi connectivity index (χ3n) is 2.90. The van der Waals surface area contributed by atoms with Gasteiger partial charge in [-0.15, -0.1) is 0 Å². The largest absolute Gasteiger partial charge is 0.268 e. The molecule has 0 fully saturated rings. The van der Waals surface area contributed by atoms with Gasteiger partial charge < -0.3 is 0 Å². The number of amides is 1. The molecule has 0 aromatic heterocycles. The number of carbonyl (C=O) groups excluding carboxylic acids is 1. The average Bonchev–Trinajstić information content (AvgIpc) is 2.42. The van der Waals surface area contributed by atoms with Crippen molar-refractivity contribution in [2.45, 2.75) is 12.7 Å². The molecule has 2 aromatic carbocycles. The van der Waals surface area contributed by atoms with Crippen LogP contribution < -0.4 is 4.72 Å². The summed E-state index contributed by atoms with van der Waals surface area (Å²) < 4.78 is 39.2. The SMILES string of the molecule is Cc1ccc(C(=O)NS(=O)(=O)Cc2ccc(Cl)c(F)c2)cc1. The number of sulfonamides is 1. The molecule has 2 aromatic rings. The normalized spacial score (nSPS) is 11.2. The fraction of sp³-hybridized carbons (Fsp3) is 0.133. The lowest BCUT2D eigenvalue weighted by atomic mass is 10.1. The highest BCUT2D eigenvalue weighted by Crippen LogP contribution is 2.17. The van der Waals surface area contributed by atoms with E-state index in [9.17, 15) is 17.6 Å². The number of nitrogens with one attached hydrogen (secondary N) is 1. The van der Waals surface area contributed by atoms with Crippen LogP contribution in [0.4, 0.5) is 4.39 Å². The van der Waals surface area contributed by atoms with Crippen LogP contribution in [-0.4, -0.2) is 14.3 Å². The van der Waals surface area contributed by atoms with Crippen LogP contribution in [0.3, 0.4) is 0 Å². The van der Waals surface area contributed by atoms with Gasteiger partial charge in [-0.05, 0) is 36.8 Å². The van der Waals surface area contributed by atoms with Crippen molar-refractivity contribution in [2.75, 3.05) is 0 Å². The topological polar surface area (TPSA) is 63.2 Å². The van der Waals surface area contributed by atoms with Gasteiger partial charge in [-0.25, -0.2) is 17.5 Å². The quantitative estimate of drug-likeness (QED) is 0.929. The zero-order chi connectivity index (χ0) is 16.3. The molecule has 22 heavy (non-hydrogen) atoms. The minimum atomic E-state index is -3.93. The highest BCUT2D eigenvalue weighted by atomic mass is 35.5. The summed E-state index contributed by atoms with van der Waals surface area (Å²) in [6.45, 7) is 1.85. The number of aryl methyl sites for hydroxylation is 1. The predicted molar refractivity (Wildman–Crippen MR) is 82.7 cm³/mol. The number of carbonyl (C=O) groups is 1. The van der Waals surface area contributed by atoms with Gasteiger partial charge in [0.05, 0.1) is 10.8 Å². The van der Waals surface area contributed by atoms with Crippen LogP contribution in [0, 0.1) is 12.7 Å². The molecule has 0 saturated heterocycles. The Morgan fingerprint density at radius 2 is 1.82 bits per heavy atom. The lowest BCUT2D eigenvalue weighted by Gasteiger charge is -2.08. The number of rotatable bonds is 4. The summed E-state index contributed by atoms with van der Waals surface area (Å²) in [6.07, 6.45) is 0. The minimum absolute atomic E-state index is 0.0927. The van der Waals surface area contributed by atoms with Gasteiger partial charge in [0.1, 0.15) is 5.82 Å². The Bertz CT molecular complexity index is 804. The first kappa shape index (κ1) is 16.5. The highest BCUT2D eigenvalue weighted by Gasteiger charge is 2.17. The third kappa shape index (κ3) is 4.29. The first-order valence-corrected chi connectivity index (χ1v) is 8.35. The molecule has 7 heteroatoms. The fourth-order valence-electron chi connectivity index (χ4n) is 1.79. The maximum Gasteiger partial charge on any atom is 0.264 e. The lowest BCUT2D eigenvalue weighted by molar-refractivity contribution is 0.0981. The van der Waals surface area contributed by atoms with Crippen LogP contribution in [0.5, 0.6) is 0 Å². The van der Waals surface area contributed by atoms with Crippen molar-refractivity contribution >= 4 is 27.5 Å². The van der Waals surface area contributed by atoms with Crippen LogP contribution >= 0.6 is 11.6 Å². The molecule has 4 nitrogen and oxygen atoms in total. The van der Waals surface area contributed by atoms with E-state index in [2.05, 4.69) is 0 Å². The molecule has 0 atom stereocenters. The number of benzene rings is 2. The third-order valence-corrected chi connectivity index (χ3v) is 4.42. The Labute approximate surface area is 133 Å². The maximum atomic E-state index is 13.3. The van der Waals surface area contributed by atoms with E-state index >= 15 is 0 Å². The van der Waals surface area contributed by atoms with Crippen LogP contribution in [0.15, 0.2) is 42.5 Å². The van der Waals surface area contributed by atoms with Gasteiger partial charge in [0.2, 0.25) is 10.0 Å². The van der Waals surface area contributed by atoms with Gasteiger partial charge in [-0.1, -0.05) is 35.4 Å². The molecule has 1 amide bonds. The Balaban J connectivity index is 2.11. The van der Waals surface area contributed by atoms with E-state index in [1.807, 2.05) is 11.6 Å². The number of halogens is 2. The van der Waals surface area contributed by atoms with Gasteiger partial charge >= 0.3 is 0 Å². The van der Waals surface area contributed by atoms with Crippen LogP contribution in [-0.2, 0) is 15.8 Å². The van der Waals surface area contributed by atoms with Crippen LogP contribution in [0.1, 0.15) is 21.5 Å². The lowest BCUT2D eigenvalue weighted by Crippen LogP contribution is -2.31. The van der Waals surface area contributed by atoms with Crippen molar-refractivity contribution < 1.29 is 17.6 Å². The molecule has 0 spiro atoms. The predicted octanol–water partition coefficient (Wildman–Crippen LogP) is 3.05. The first-order valence-electron chi connectivity index (χ1n) is 6.32. The smallest absolute Gasteiger partial charge is 0.264 e. The van der Waals surface area contributed by atoms with E-state index in [0.29, 0.717) is 0 Å². The zero-order valence-electron chi connectivity index (χ0n) is 11.6. The Kier molecular flexibility index (Phi) is 4.83. The summed E-state index contributed by atoms with van der Waals surface area (Å²) in [4.78, 5) is 11.9. The summed E-state index contributed by atoms with van der Waals surface area (Å²) in [7, 11) is -3.93. The molecule has 0 saturated carbocycles. The van der Waals surface area contributed by atoms with E-state index in [0.717, 1.165) is 11.6 Å². The Morgan fingerprint density at radius 1 is 1.18 bits per heavy atom. The molecule has 1 N–H and O–H groups in total. The van der Waals surface area contributed by atoms with Crippen LogP contribution in [0.25, 0.3) is 0 Å². The molecule has 0 heterocycles. The maximum absolute atomic E-state index is 13.3. The molecule has 0 aliphatic heterocycles. The Morgan fingerprint density at radius 3 is 2.41 bits per heavy atom. The van der Waals surface area contributed by atoms with Crippen molar-refractivity contribution in [2.24, 2.45) is 0 Å². The van der Waals surface area contributed by atoms with E-state index < -0.39 is 27.5 Å². The molecular formula is C15H13ClFNO3S. The molecule has 2 rings (SSSR count). The number of hydrogen-bond acceptors (Lipinski definition) is 3. The molecule has 0 unspecified atom stereocenters. The van der Waals surface area contributed by atoms with Gasteiger partial charge in [-0.2, -0.15) is 0 Å². The second-order valence-electron chi connectivity index (χ2n) is 4.80. The van der Waals surface area contributed by atoms with Gasteiger partial charge in [-0.3, -0.25) is 4.79 Å². The highest BCUT2D eigenvalue weighted by molar-refractivity contribution is 7.89. The summed E-state index contributed by atoms with van der Waals surface area (Å²) in [5, 5.41) is -0.0927. The molecule has 0 bridgehead atoms. The molecule has 116 valence electrons. The van der Waals surface area contributed by atoms with E-state index in [-0.39, 0.29) is 16.1 Å². The second-order valence-corrected chi connectivity index (χ2v) is 6.93. The van der Waals surface area contributed by atoms with Gasteiger partial charge in [0.25, 0.3) is 5.91 Å². The summed E-state index contributed by atoms with van der Waals surface area (Å²) in [5.74, 6) is -1.95. The second kappa shape index (κ2) is 6.46. The summed E-state index contributed by atoms with van der Waals surface area (Å²) in [6, 6.07) is 10.2. The van der Waals surface area contributed by atoms with Crippen LogP contribution in [0.2, 0.25) is 5.02 Å². The molecular weight excluding hydrogens is 329 g/mol. The monoisotopic (exact) mass is 341 g/mol. The standard InChI is InChI=1S/C15H13ClFNO3S/c1-10-2-5-12(6-3-10)15(19)18-22(20,21)9-11-4-7-13(16)14(17)8-11/h2-8H,9H2,1H3,(H,18,19). The van der Waals surface area contributed by atoms with E-state index in [1.165, 1.54) is 24.3 Å². The zero-order valence-corrected chi connectivity index (χ0v) is 13.2. The first-order chi connectivity index (χ1) is 10.3. The average molecular weight is 342 g/mol.